The predicted molar refractivity (Wildman–Crippen MR) is 116 cm³/mol. The molecule has 2 atom stereocenters. The number of nitrogens with zero attached hydrogens (tertiary/aromatic N) is 3. The third-order valence-electron chi connectivity index (χ3n) is 6.70. The normalized spacial score (nSPS) is 21.2. The SMILES string of the molecule is Nc1nc2cnc(C(=O)N3CC[C@@H]4C[C@H]3c3c(Cl)cc(C(F)(F)F)cc3O4)cc2c2c1COC2. The van der Waals surface area contributed by atoms with Gasteiger partial charge in [-0.1, -0.05) is 11.6 Å². The number of amides is 1. The Kier molecular flexibility index (Phi) is 4.69. The van der Waals surface area contributed by atoms with Crippen molar-refractivity contribution in [1.29, 1.82) is 0 Å². The van der Waals surface area contributed by atoms with Crippen LogP contribution in [-0.2, 0) is 24.1 Å². The minimum atomic E-state index is -4.56. The van der Waals surface area contributed by atoms with Crippen LogP contribution in [0.5, 0.6) is 5.75 Å². The lowest BCUT2D eigenvalue weighted by Gasteiger charge is -2.44. The molecule has 6 rings (SSSR count). The summed E-state index contributed by atoms with van der Waals surface area (Å²) in [7, 11) is 0. The lowest BCUT2D eigenvalue weighted by Crippen LogP contribution is -2.47. The Morgan fingerprint density at radius 1 is 1.21 bits per heavy atom. The smallest absolute Gasteiger partial charge is 0.416 e. The summed E-state index contributed by atoms with van der Waals surface area (Å²) in [5.74, 6) is 0.118. The van der Waals surface area contributed by atoms with Gasteiger partial charge in [0.1, 0.15) is 23.4 Å². The Labute approximate surface area is 196 Å². The standard InChI is InChI=1S/C23H18ClF3N4O3/c24-15-3-10(23(25,26)27)4-19-20(15)18-5-11(34-19)1-2-31(18)22(32)16-6-12-13-8-33-9-14(13)21(28)30-17(12)7-29-16/h3-4,6-7,11,18H,1-2,5,8-9H2,(H2,28,30)/t11-,18+/m1/s1. The van der Waals surface area contributed by atoms with Gasteiger partial charge in [0.25, 0.3) is 5.91 Å². The average Bonchev–Trinajstić information content (AvgIpc) is 3.29. The molecule has 1 saturated heterocycles. The van der Waals surface area contributed by atoms with Gasteiger partial charge in [0.2, 0.25) is 0 Å². The third kappa shape index (κ3) is 3.27. The second-order valence-corrected chi connectivity index (χ2v) is 9.09. The number of aromatic nitrogens is 2. The zero-order valence-electron chi connectivity index (χ0n) is 17.7. The highest BCUT2D eigenvalue weighted by Crippen LogP contribution is 2.48. The highest BCUT2D eigenvalue weighted by Gasteiger charge is 2.42. The van der Waals surface area contributed by atoms with Crippen LogP contribution < -0.4 is 10.5 Å². The number of likely N-dealkylation sites (tertiary alicyclic amines) is 1. The molecule has 1 aromatic carbocycles. The molecule has 1 amide bonds. The number of benzene rings is 1. The number of halogens is 4. The Morgan fingerprint density at radius 3 is 2.79 bits per heavy atom. The topological polar surface area (TPSA) is 90.6 Å². The minimum Gasteiger partial charge on any atom is -0.490 e. The zero-order valence-corrected chi connectivity index (χ0v) is 18.4. The van der Waals surface area contributed by atoms with Gasteiger partial charge >= 0.3 is 6.18 Å². The highest BCUT2D eigenvalue weighted by molar-refractivity contribution is 6.31. The van der Waals surface area contributed by atoms with E-state index in [1.54, 1.807) is 11.0 Å². The molecule has 0 aliphatic carbocycles. The maximum atomic E-state index is 13.6. The molecule has 0 spiro atoms. The van der Waals surface area contributed by atoms with Gasteiger partial charge < -0.3 is 20.1 Å². The van der Waals surface area contributed by atoms with E-state index in [0.717, 1.165) is 28.6 Å². The van der Waals surface area contributed by atoms with Gasteiger partial charge in [-0.25, -0.2) is 9.97 Å². The number of alkyl halides is 3. The number of nitrogens with two attached hydrogens (primary N) is 1. The molecular weight excluding hydrogens is 473 g/mol. The van der Waals surface area contributed by atoms with Crippen LogP contribution in [0.15, 0.2) is 24.4 Å². The quantitative estimate of drug-likeness (QED) is 0.534. The molecule has 7 nitrogen and oxygen atoms in total. The number of carbonyl (C=O) groups excluding carboxylic acids is 1. The molecule has 2 bridgehead atoms. The molecule has 2 aromatic heterocycles. The molecule has 0 radical (unpaired) electrons. The number of hydrogen-bond donors (Lipinski definition) is 1. The Hall–Kier alpha value is -3.11. The fraction of sp³-hybridized carbons (Fsp3) is 0.348. The van der Waals surface area contributed by atoms with E-state index in [1.807, 2.05) is 0 Å². The van der Waals surface area contributed by atoms with E-state index in [9.17, 15) is 18.0 Å². The summed E-state index contributed by atoms with van der Waals surface area (Å²) in [6.45, 7) is 1.10. The number of hydrogen-bond acceptors (Lipinski definition) is 6. The number of anilines is 1. The number of piperidine rings is 1. The molecular formula is C23H18ClF3N4O3. The largest absolute Gasteiger partial charge is 0.490 e. The molecule has 2 N–H and O–H groups in total. The van der Waals surface area contributed by atoms with Crippen LogP contribution in [0.1, 0.15) is 51.6 Å². The Bertz CT molecular complexity index is 1360. The van der Waals surface area contributed by atoms with Crippen molar-refractivity contribution in [3.05, 3.63) is 57.4 Å². The van der Waals surface area contributed by atoms with Crippen LogP contribution in [0.4, 0.5) is 19.0 Å². The summed E-state index contributed by atoms with van der Waals surface area (Å²) < 4.78 is 51.2. The Balaban J connectivity index is 1.40. The summed E-state index contributed by atoms with van der Waals surface area (Å²) >= 11 is 6.30. The first kappa shape index (κ1) is 21.4. The van der Waals surface area contributed by atoms with Gasteiger partial charge in [0.15, 0.2) is 0 Å². The van der Waals surface area contributed by atoms with Gasteiger partial charge in [-0.2, -0.15) is 13.2 Å². The molecule has 176 valence electrons. The number of pyridine rings is 2. The first-order chi connectivity index (χ1) is 16.2. The molecule has 34 heavy (non-hydrogen) atoms. The summed E-state index contributed by atoms with van der Waals surface area (Å²) in [5.41, 5.74) is 8.00. The van der Waals surface area contributed by atoms with Crippen molar-refractivity contribution in [2.24, 2.45) is 0 Å². The van der Waals surface area contributed by atoms with E-state index in [4.69, 9.17) is 26.8 Å². The van der Waals surface area contributed by atoms with E-state index in [1.165, 1.54) is 6.20 Å². The third-order valence-corrected chi connectivity index (χ3v) is 7.01. The van der Waals surface area contributed by atoms with Crippen LogP contribution in [0.3, 0.4) is 0 Å². The first-order valence-electron chi connectivity index (χ1n) is 10.7. The van der Waals surface area contributed by atoms with Crippen molar-refractivity contribution in [2.75, 3.05) is 12.3 Å². The maximum Gasteiger partial charge on any atom is 0.416 e. The van der Waals surface area contributed by atoms with E-state index < -0.39 is 17.8 Å². The van der Waals surface area contributed by atoms with Crippen molar-refractivity contribution in [2.45, 2.75) is 44.4 Å². The van der Waals surface area contributed by atoms with Gasteiger partial charge in [-0.3, -0.25) is 4.79 Å². The summed E-state index contributed by atoms with van der Waals surface area (Å²) in [5, 5.41) is 0.671. The molecule has 11 heteroatoms. The molecule has 3 aliphatic rings. The maximum absolute atomic E-state index is 13.6. The molecule has 5 heterocycles. The monoisotopic (exact) mass is 490 g/mol. The number of nitrogen functional groups attached to an aromatic ring is 1. The fourth-order valence-electron chi connectivity index (χ4n) is 5.05. The molecule has 3 aliphatic heterocycles. The van der Waals surface area contributed by atoms with Crippen LogP contribution >= 0.6 is 11.6 Å². The number of ether oxygens (including phenoxy) is 2. The lowest BCUT2D eigenvalue weighted by molar-refractivity contribution is -0.137. The minimum absolute atomic E-state index is 0.0692. The fourth-order valence-corrected chi connectivity index (χ4v) is 5.39. The zero-order chi connectivity index (χ0) is 23.8. The van der Waals surface area contributed by atoms with Gasteiger partial charge in [-0.05, 0) is 23.8 Å². The van der Waals surface area contributed by atoms with Crippen LogP contribution in [0.2, 0.25) is 5.02 Å². The van der Waals surface area contributed by atoms with Gasteiger partial charge in [0, 0.05) is 35.9 Å². The lowest BCUT2D eigenvalue weighted by atomic mass is 9.88. The van der Waals surface area contributed by atoms with E-state index in [2.05, 4.69) is 9.97 Å². The van der Waals surface area contributed by atoms with E-state index >= 15 is 0 Å². The molecule has 3 aromatic rings. The number of fused-ring (bicyclic) bond motifs is 7. The van der Waals surface area contributed by atoms with Gasteiger partial charge in [0.05, 0.1) is 41.6 Å². The summed E-state index contributed by atoms with van der Waals surface area (Å²) in [4.78, 5) is 23.9. The van der Waals surface area contributed by atoms with Crippen molar-refractivity contribution in [3.63, 3.8) is 0 Å². The number of carbonyl (C=O) groups is 1. The van der Waals surface area contributed by atoms with Crippen molar-refractivity contribution in [1.82, 2.24) is 14.9 Å². The first-order valence-corrected chi connectivity index (χ1v) is 11.1. The average molecular weight is 491 g/mol. The summed E-state index contributed by atoms with van der Waals surface area (Å²) in [6, 6.07) is 3.01. The molecule has 1 fully saturated rings. The molecule has 0 saturated carbocycles. The second kappa shape index (κ2) is 7.44. The van der Waals surface area contributed by atoms with Crippen LogP contribution in [0.25, 0.3) is 10.9 Å². The second-order valence-electron chi connectivity index (χ2n) is 8.68. The van der Waals surface area contributed by atoms with Crippen LogP contribution in [0, 0.1) is 0 Å². The van der Waals surface area contributed by atoms with Crippen molar-refractivity contribution >= 4 is 34.2 Å². The van der Waals surface area contributed by atoms with E-state index in [-0.39, 0.29) is 28.5 Å². The van der Waals surface area contributed by atoms with Crippen molar-refractivity contribution in [3.8, 4) is 5.75 Å². The molecule has 0 unspecified atom stereocenters. The number of rotatable bonds is 1. The summed E-state index contributed by atoms with van der Waals surface area (Å²) in [6.07, 6.45) is -2.41. The van der Waals surface area contributed by atoms with E-state index in [0.29, 0.717) is 49.5 Å². The highest BCUT2D eigenvalue weighted by atomic mass is 35.5. The predicted octanol–water partition coefficient (Wildman–Crippen LogP) is 4.65. The van der Waals surface area contributed by atoms with Crippen LogP contribution in [-0.4, -0.2) is 33.4 Å². The Morgan fingerprint density at radius 2 is 2.00 bits per heavy atom. The van der Waals surface area contributed by atoms with Gasteiger partial charge in [-0.15, -0.1) is 0 Å². The van der Waals surface area contributed by atoms with Crippen molar-refractivity contribution < 1.29 is 27.4 Å².